The lowest BCUT2D eigenvalue weighted by Crippen LogP contribution is -2.46. The van der Waals surface area contributed by atoms with E-state index < -0.39 is 6.03 Å². The highest BCUT2D eigenvalue weighted by Gasteiger charge is 2.31. The molecule has 11 heteroatoms. The minimum Gasteiger partial charge on any atom is -0.377 e. The predicted molar refractivity (Wildman–Crippen MR) is 129 cm³/mol. The van der Waals surface area contributed by atoms with Crippen LogP contribution in [0.2, 0.25) is 0 Å². The number of fused-ring (bicyclic) bond motifs is 1. The summed E-state index contributed by atoms with van der Waals surface area (Å²) in [5, 5.41) is 2.56. The molecule has 0 spiro atoms. The van der Waals surface area contributed by atoms with Gasteiger partial charge >= 0.3 is 6.03 Å². The Morgan fingerprint density at radius 2 is 1.97 bits per heavy atom. The summed E-state index contributed by atoms with van der Waals surface area (Å²) in [6.07, 6.45) is 5.18. The van der Waals surface area contributed by atoms with Crippen LogP contribution in [0.1, 0.15) is 28.7 Å². The molecule has 0 unspecified atom stereocenters. The van der Waals surface area contributed by atoms with Crippen molar-refractivity contribution in [1.29, 1.82) is 0 Å². The van der Waals surface area contributed by atoms with Crippen LogP contribution in [0.4, 0.5) is 16.3 Å². The Balaban J connectivity index is 1.52. The number of nitrogens with one attached hydrogen (secondary N) is 1. The van der Waals surface area contributed by atoms with E-state index in [1.54, 1.807) is 23.2 Å². The molecule has 4 heterocycles. The molecule has 35 heavy (non-hydrogen) atoms. The number of nitrogens with two attached hydrogens (primary N) is 1. The second-order valence-electron chi connectivity index (χ2n) is 8.55. The minimum atomic E-state index is -0.626. The monoisotopic (exact) mass is 474 g/mol. The number of carbonyl (C=O) groups is 2. The molecule has 3 aromatic rings. The first-order valence-corrected chi connectivity index (χ1v) is 11.5. The van der Waals surface area contributed by atoms with Crippen molar-refractivity contribution < 1.29 is 14.3 Å². The number of amides is 3. The van der Waals surface area contributed by atoms with Gasteiger partial charge in [-0.2, -0.15) is 0 Å². The normalized spacial score (nSPS) is 17.6. The summed E-state index contributed by atoms with van der Waals surface area (Å²) in [4.78, 5) is 46.2. The number of urea groups is 1. The molecule has 3 N–H and O–H groups in total. The van der Waals surface area contributed by atoms with E-state index in [1.165, 1.54) is 12.4 Å². The quantitative estimate of drug-likeness (QED) is 0.584. The van der Waals surface area contributed by atoms with E-state index in [1.807, 2.05) is 12.1 Å². The number of carbonyl (C=O) groups excluding carboxylic acids is 2. The van der Waals surface area contributed by atoms with Gasteiger partial charge in [-0.25, -0.2) is 19.7 Å². The van der Waals surface area contributed by atoms with Crippen LogP contribution in [0.5, 0.6) is 0 Å². The first-order chi connectivity index (χ1) is 17.0. The van der Waals surface area contributed by atoms with Crippen molar-refractivity contribution in [2.75, 3.05) is 36.5 Å². The first-order valence-electron chi connectivity index (χ1n) is 11.5. The van der Waals surface area contributed by atoms with Crippen molar-refractivity contribution in [3.63, 3.8) is 0 Å². The maximum absolute atomic E-state index is 13.0. The lowest BCUT2D eigenvalue weighted by molar-refractivity contribution is 0.0725. The Morgan fingerprint density at radius 3 is 2.69 bits per heavy atom. The predicted octanol–water partition coefficient (Wildman–Crippen LogP) is 1.85. The minimum absolute atomic E-state index is 0.164. The molecule has 0 saturated carbocycles. The lowest BCUT2D eigenvalue weighted by atomic mass is 10.0. The van der Waals surface area contributed by atoms with E-state index in [2.05, 4.69) is 27.1 Å². The summed E-state index contributed by atoms with van der Waals surface area (Å²) in [7, 11) is 0. The highest BCUT2D eigenvalue weighted by molar-refractivity contribution is 5.92. The molecule has 2 aliphatic heterocycles. The molecule has 1 atom stereocenters. The summed E-state index contributed by atoms with van der Waals surface area (Å²) < 4.78 is 5.64. The van der Waals surface area contributed by atoms with E-state index in [0.717, 1.165) is 29.2 Å². The zero-order chi connectivity index (χ0) is 24.4. The highest BCUT2D eigenvalue weighted by atomic mass is 16.5. The zero-order valence-corrected chi connectivity index (χ0v) is 19.3. The van der Waals surface area contributed by atoms with Crippen LogP contribution < -0.4 is 16.0 Å². The molecule has 0 bridgehead atoms. The number of anilines is 2. The van der Waals surface area contributed by atoms with Crippen molar-refractivity contribution in [3.05, 3.63) is 59.8 Å². The maximum Gasteiger partial charge on any atom is 0.316 e. The second kappa shape index (κ2) is 9.63. The number of benzene rings is 1. The average Bonchev–Trinajstić information content (AvgIpc) is 2.88. The van der Waals surface area contributed by atoms with Crippen LogP contribution in [0.15, 0.2) is 42.9 Å². The summed E-state index contributed by atoms with van der Waals surface area (Å²) in [5.41, 5.74) is 8.77. The van der Waals surface area contributed by atoms with E-state index >= 15 is 0 Å². The third kappa shape index (κ3) is 4.76. The van der Waals surface area contributed by atoms with Gasteiger partial charge in [0.1, 0.15) is 11.5 Å². The molecule has 180 valence electrons. The fraction of sp³-hybridized carbons (Fsp3) is 0.333. The molecule has 0 radical (unpaired) electrons. The molecule has 5 rings (SSSR count). The summed E-state index contributed by atoms with van der Waals surface area (Å²) in [6, 6.07) is 6.72. The van der Waals surface area contributed by atoms with Gasteiger partial charge in [-0.05, 0) is 37.6 Å². The van der Waals surface area contributed by atoms with Gasteiger partial charge < -0.3 is 25.6 Å². The van der Waals surface area contributed by atoms with Crippen LogP contribution in [0.3, 0.4) is 0 Å². The molecule has 3 amide bonds. The molecule has 2 aromatic heterocycles. The fourth-order valence-electron chi connectivity index (χ4n) is 4.41. The molecule has 11 nitrogen and oxygen atoms in total. The highest BCUT2D eigenvalue weighted by Crippen LogP contribution is 2.32. The Morgan fingerprint density at radius 1 is 1.14 bits per heavy atom. The Hall–Kier alpha value is -4.12. The SMILES string of the molecule is C[C@H]1COCCN1c1nc(-c2ccc(NC(N)=O)cc2)nc2c1CCN(C(=O)c1cnccn1)C2. The van der Waals surface area contributed by atoms with E-state index in [9.17, 15) is 9.59 Å². The average molecular weight is 475 g/mol. The van der Waals surface area contributed by atoms with E-state index in [4.69, 9.17) is 20.4 Å². The standard InChI is InChI=1S/C24H26N8O3/c1-15-14-35-11-10-32(15)22-18-6-9-31(23(33)19-12-26-7-8-27-19)13-20(18)29-21(30-22)16-2-4-17(5-3-16)28-24(25)34/h2-5,7-8,12,15H,6,9-11,13-14H2,1H3,(H3,25,28,34)/t15-/m0/s1. The largest absolute Gasteiger partial charge is 0.377 e. The fourth-order valence-corrected chi connectivity index (χ4v) is 4.41. The topological polar surface area (TPSA) is 139 Å². The molecular weight excluding hydrogens is 448 g/mol. The van der Waals surface area contributed by atoms with Crippen molar-refractivity contribution in [1.82, 2.24) is 24.8 Å². The molecular formula is C24H26N8O3. The molecule has 2 aliphatic rings. The number of ether oxygens (including phenoxy) is 1. The number of nitrogens with zero attached hydrogens (tertiary/aromatic N) is 6. The van der Waals surface area contributed by atoms with Crippen molar-refractivity contribution in [3.8, 4) is 11.4 Å². The van der Waals surface area contributed by atoms with Gasteiger partial charge in [0.2, 0.25) is 0 Å². The van der Waals surface area contributed by atoms with E-state index in [-0.39, 0.29) is 11.9 Å². The van der Waals surface area contributed by atoms with Crippen LogP contribution >= 0.6 is 0 Å². The molecule has 1 aromatic carbocycles. The van der Waals surface area contributed by atoms with Crippen molar-refractivity contribution in [2.45, 2.75) is 25.9 Å². The maximum atomic E-state index is 13.0. The number of hydrogen-bond acceptors (Lipinski definition) is 8. The number of aromatic nitrogens is 4. The van der Waals surface area contributed by atoms with Gasteiger partial charge in [-0.1, -0.05) is 0 Å². The number of morpholine rings is 1. The third-order valence-corrected chi connectivity index (χ3v) is 6.16. The Bertz CT molecular complexity index is 1240. The van der Waals surface area contributed by atoms with Gasteiger partial charge in [-0.3, -0.25) is 9.78 Å². The smallest absolute Gasteiger partial charge is 0.316 e. The summed E-state index contributed by atoms with van der Waals surface area (Å²) in [6.45, 7) is 5.00. The van der Waals surface area contributed by atoms with Gasteiger partial charge in [0.05, 0.1) is 37.7 Å². The number of hydrogen-bond donors (Lipinski definition) is 2. The first kappa shape index (κ1) is 22.7. The van der Waals surface area contributed by atoms with Gasteiger partial charge in [0, 0.05) is 42.3 Å². The molecule has 1 saturated heterocycles. The van der Waals surface area contributed by atoms with Crippen LogP contribution in [0.25, 0.3) is 11.4 Å². The molecule has 1 fully saturated rings. The van der Waals surface area contributed by atoms with Gasteiger partial charge in [0.25, 0.3) is 5.91 Å². The van der Waals surface area contributed by atoms with Crippen LogP contribution in [-0.4, -0.2) is 69.1 Å². The Kier molecular flexibility index (Phi) is 6.23. The summed E-state index contributed by atoms with van der Waals surface area (Å²) in [5.74, 6) is 1.26. The summed E-state index contributed by atoms with van der Waals surface area (Å²) >= 11 is 0. The Labute approximate surface area is 202 Å². The number of primary amides is 1. The van der Waals surface area contributed by atoms with Gasteiger partial charge in [0.15, 0.2) is 5.82 Å². The second-order valence-corrected chi connectivity index (χ2v) is 8.55. The van der Waals surface area contributed by atoms with Crippen molar-refractivity contribution in [2.24, 2.45) is 5.73 Å². The van der Waals surface area contributed by atoms with Gasteiger partial charge in [-0.15, -0.1) is 0 Å². The van der Waals surface area contributed by atoms with Crippen LogP contribution in [0, 0.1) is 0 Å². The van der Waals surface area contributed by atoms with Crippen LogP contribution in [-0.2, 0) is 17.7 Å². The third-order valence-electron chi connectivity index (χ3n) is 6.16. The zero-order valence-electron chi connectivity index (χ0n) is 19.3. The molecule has 0 aliphatic carbocycles. The number of rotatable bonds is 4. The lowest BCUT2D eigenvalue weighted by Gasteiger charge is -2.37. The van der Waals surface area contributed by atoms with E-state index in [0.29, 0.717) is 49.9 Å². The van der Waals surface area contributed by atoms with Crippen molar-refractivity contribution >= 4 is 23.4 Å².